The normalized spacial score (nSPS) is 17.0. The molecule has 0 spiro atoms. The highest BCUT2D eigenvalue weighted by atomic mass is 79.9. The van der Waals surface area contributed by atoms with Gasteiger partial charge in [0, 0.05) is 29.0 Å². The molecule has 1 atom stereocenters. The monoisotopic (exact) mass is 358 g/mol. The lowest BCUT2D eigenvalue weighted by atomic mass is 9.96. The second kappa shape index (κ2) is 6.41. The highest BCUT2D eigenvalue weighted by molar-refractivity contribution is 9.10. The van der Waals surface area contributed by atoms with Crippen LogP contribution >= 0.6 is 15.9 Å². The van der Waals surface area contributed by atoms with Crippen molar-refractivity contribution in [3.63, 3.8) is 0 Å². The van der Waals surface area contributed by atoms with Crippen molar-refractivity contribution in [2.45, 2.75) is 45.4 Å². The number of hydrogen-bond donors (Lipinski definition) is 1. The van der Waals surface area contributed by atoms with Gasteiger partial charge in [0.15, 0.2) is 0 Å². The molecule has 1 heterocycles. The Morgan fingerprint density at radius 2 is 2.05 bits per heavy atom. The van der Waals surface area contributed by atoms with Crippen molar-refractivity contribution in [1.82, 2.24) is 0 Å². The molecule has 0 aromatic heterocycles. The predicted molar refractivity (Wildman–Crippen MR) is 99.3 cm³/mol. The van der Waals surface area contributed by atoms with Crippen LogP contribution in [0.2, 0.25) is 0 Å². The van der Waals surface area contributed by atoms with Crippen molar-refractivity contribution < 1.29 is 0 Å². The summed E-state index contributed by atoms with van der Waals surface area (Å²) >= 11 is 3.66. The van der Waals surface area contributed by atoms with Gasteiger partial charge in [-0.3, -0.25) is 5.41 Å². The Kier molecular flexibility index (Phi) is 4.53. The van der Waals surface area contributed by atoms with Crippen LogP contribution in [0.25, 0.3) is 10.8 Å². The van der Waals surface area contributed by atoms with Crippen molar-refractivity contribution in [1.29, 1.82) is 5.41 Å². The minimum absolute atomic E-state index is 0.472. The molecule has 0 amide bonds. The SMILES string of the molecule is CCCCCC(=N)N1CC(C)c2c1ccc1c(Br)cccc21. The minimum Gasteiger partial charge on any atom is -0.329 e. The number of nitrogens with zero attached hydrogens (tertiary/aromatic N) is 1. The molecule has 3 rings (SSSR count). The zero-order chi connectivity index (χ0) is 15.7. The second-order valence-electron chi connectivity index (χ2n) is 6.25. The van der Waals surface area contributed by atoms with Crippen molar-refractivity contribution >= 4 is 38.2 Å². The van der Waals surface area contributed by atoms with E-state index in [1.54, 1.807) is 0 Å². The number of nitrogens with one attached hydrogen (secondary N) is 1. The van der Waals surface area contributed by atoms with E-state index < -0.39 is 0 Å². The molecule has 3 heteroatoms. The Morgan fingerprint density at radius 3 is 2.82 bits per heavy atom. The molecule has 1 N–H and O–H groups in total. The lowest BCUT2D eigenvalue weighted by Gasteiger charge is -2.20. The minimum atomic E-state index is 0.472. The zero-order valence-electron chi connectivity index (χ0n) is 13.3. The van der Waals surface area contributed by atoms with E-state index in [0.29, 0.717) is 5.92 Å². The molecule has 116 valence electrons. The Hall–Kier alpha value is -1.35. The molecule has 22 heavy (non-hydrogen) atoms. The standard InChI is InChI=1S/C19H23BrN2/c1-3-4-5-9-18(21)22-12-13(2)19-15-7-6-8-16(20)14(15)10-11-17(19)22/h6-8,10-11,13,21H,3-5,9,12H2,1-2H3. The van der Waals surface area contributed by atoms with Crippen LogP contribution in [-0.4, -0.2) is 12.4 Å². The average Bonchev–Trinajstić information content (AvgIpc) is 2.85. The second-order valence-corrected chi connectivity index (χ2v) is 7.10. The fourth-order valence-electron chi connectivity index (χ4n) is 3.48. The summed E-state index contributed by atoms with van der Waals surface area (Å²) < 4.78 is 1.15. The van der Waals surface area contributed by atoms with Crippen molar-refractivity contribution in [2.24, 2.45) is 0 Å². The number of rotatable bonds is 4. The molecule has 1 aliphatic rings. The number of halogens is 1. The fraction of sp³-hybridized carbons (Fsp3) is 0.421. The summed E-state index contributed by atoms with van der Waals surface area (Å²) in [5.74, 6) is 1.24. The first-order chi connectivity index (χ1) is 10.6. The summed E-state index contributed by atoms with van der Waals surface area (Å²) in [6.45, 7) is 5.42. The molecular weight excluding hydrogens is 336 g/mol. The molecule has 2 aromatic rings. The lowest BCUT2D eigenvalue weighted by molar-refractivity contribution is 0.730. The van der Waals surface area contributed by atoms with Crippen molar-refractivity contribution in [3.8, 4) is 0 Å². The number of hydrogen-bond acceptors (Lipinski definition) is 1. The van der Waals surface area contributed by atoms with Gasteiger partial charge in [-0.2, -0.15) is 0 Å². The smallest absolute Gasteiger partial charge is 0.100 e. The highest BCUT2D eigenvalue weighted by Gasteiger charge is 2.29. The van der Waals surface area contributed by atoms with Gasteiger partial charge in [0.05, 0.1) is 0 Å². The first kappa shape index (κ1) is 15.5. The Bertz CT molecular complexity index is 708. The Labute approximate surface area is 141 Å². The molecule has 0 saturated carbocycles. The molecule has 0 radical (unpaired) electrons. The van der Waals surface area contributed by atoms with Crippen LogP contribution in [0.5, 0.6) is 0 Å². The number of fused-ring (bicyclic) bond motifs is 3. The maximum absolute atomic E-state index is 8.45. The molecule has 1 aliphatic heterocycles. The number of unbranched alkanes of at least 4 members (excludes halogenated alkanes) is 2. The fourth-order valence-corrected chi connectivity index (χ4v) is 3.98. The van der Waals surface area contributed by atoms with Crippen LogP contribution in [0, 0.1) is 5.41 Å². The lowest BCUT2D eigenvalue weighted by Crippen LogP contribution is -2.28. The van der Waals surface area contributed by atoms with E-state index in [-0.39, 0.29) is 0 Å². The quantitative estimate of drug-likeness (QED) is 0.400. The molecule has 0 saturated heterocycles. The summed E-state index contributed by atoms with van der Waals surface area (Å²) in [6.07, 6.45) is 4.42. The van der Waals surface area contributed by atoms with E-state index in [2.05, 4.69) is 65.0 Å². The molecule has 0 fully saturated rings. The number of amidine groups is 1. The largest absolute Gasteiger partial charge is 0.329 e. The summed E-state index contributed by atoms with van der Waals surface area (Å²) in [5.41, 5.74) is 2.64. The highest BCUT2D eigenvalue weighted by Crippen LogP contribution is 2.42. The molecule has 2 nitrogen and oxygen atoms in total. The van der Waals surface area contributed by atoms with E-state index >= 15 is 0 Å². The Morgan fingerprint density at radius 1 is 1.23 bits per heavy atom. The predicted octanol–water partition coefficient (Wildman–Crippen LogP) is 6.08. The van der Waals surface area contributed by atoms with Crippen LogP contribution in [0.3, 0.4) is 0 Å². The van der Waals surface area contributed by atoms with Gasteiger partial charge in [0.2, 0.25) is 0 Å². The van der Waals surface area contributed by atoms with Gasteiger partial charge in [0.1, 0.15) is 5.84 Å². The molecule has 0 aliphatic carbocycles. The summed E-state index contributed by atoms with van der Waals surface area (Å²) in [6, 6.07) is 10.8. The van der Waals surface area contributed by atoms with E-state index in [1.165, 1.54) is 34.9 Å². The van der Waals surface area contributed by atoms with Gasteiger partial charge in [-0.15, -0.1) is 0 Å². The van der Waals surface area contributed by atoms with Crippen LogP contribution < -0.4 is 4.90 Å². The van der Waals surface area contributed by atoms with E-state index in [0.717, 1.165) is 29.7 Å². The van der Waals surface area contributed by atoms with Crippen LogP contribution in [0.1, 0.15) is 51.0 Å². The first-order valence-electron chi connectivity index (χ1n) is 8.19. The maximum Gasteiger partial charge on any atom is 0.100 e. The Balaban J connectivity index is 1.97. The van der Waals surface area contributed by atoms with E-state index in [1.807, 2.05) is 0 Å². The topological polar surface area (TPSA) is 27.1 Å². The van der Waals surface area contributed by atoms with Crippen LogP contribution in [0.15, 0.2) is 34.8 Å². The molecular formula is C19H23BrN2. The maximum atomic E-state index is 8.45. The van der Waals surface area contributed by atoms with Gasteiger partial charge in [-0.1, -0.05) is 60.8 Å². The van der Waals surface area contributed by atoms with Gasteiger partial charge in [-0.05, 0) is 34.9 Å². The van der Waals surface area contributed by atoms with E-state index in [4.69, 9.17) is 5.41 Å². The van der Waals surface area contributed by atoms with Gasteiger partial charge in [0.25, 0.3) is 0 Å². The third-order valence-corrected chi connectivity index (χ3v) is 5.30. The summed E-state index contributed by atoms with van der Waals surface area (Å²) in [5, 5.41) is 11.0. The van der Waals surface area contributed by atoms with Crippen molar-refractivity contribution in [2.75, 3.05) is 11.4 Å². The molecule has 1 unspecified atom stereocenters. The summed E-state index contributed by atoms with van der Waals surface area (Å²) in [7, 11) is 0. The van der Waals surface area contributed by atoms with Crippen LogP contribution in [-0.2, 0) is 0 Å². The zero-order valence-corrected chi connectivity index (χ0v) is 14.9. The van der Waals surface area contributed by atoms with Crippen molar-refractivity contribution in [3.05, 3.63) is 40.4 Å². The van der Waals surface area contributed by atoms with Gasteiger partial charge < -0.3 is 4.90 Å². The number of benzene rings is 2. The van der Waals surface area contributed by atoms with Gasteiger partial charge >= 0.3 is 0 Å². The molecule has 2 aromatic carbocycles. The van der Waals surface area contributed by atoms with Gasteiger partial charge in [-0.25, -0.2) is 0 Å². The van der Waals surface area contributed by atoms with Crippen LogP contribution in [0.4, 0.5) is 5.69 Å². The summed E-state index contributed by atoms with van der Waals surface area (Å²) in [4.78, 5) is 2.22. The average molecular weight is 359 g/mol. The third-order valence-electron chi connectivity index (χ3n) is 4.61. The van der Waals surface area contributed by atoms with E-state index in [9.17, 15) is 0 Å². The third kappa shape index (κ3) is 2.67. The first-order valence-corrected chi connectivity index (χ1v) is 8.99. The number of anilines is 1. The molecule has 0 bridgehead atoms.